The van der Waals surface area contributed by atoms with Crippen molar-refractivity contribution in [3.05, 3.63) is 59.4 Å². The molecule has 1 aromatic carbocycles. The third-order valence-electron chi connectivity index (χ3n) is 6.08. The molecule has 2 heterocycles. The summed E-state index contributed by atoms with van der Waals surface area (Å²) >= 11 is 0. The van der Waals surface area contributed by atoms with E-state index in [4.69, 9.17) is 9.72 Å². The maximum atomic E-state index is 5.70. The zero-order chi connectivity index (χ0) is 18.5. The second-order valence-electron chi connectivity index (χ2n) is 7.76. The number of methoxy groups -OCH3 is 1. The Balaban J connectivity index is 1.55. The molecule has 1 aliphatic carbocycles. The molecule has 4 nitrogen and oxygen atoms in total. The molecule has 2 unspecified atom stereocenters. The molecule has 0 radical (unpaired) electrons. The number of para-hydroxylation sites is 1. The number of benzene rings is 1. The van der Waals surface area contributed by atoms with Gasteiger partial charge in [-0.15, -0.1) is 0 Å². The summed E-state index contributed by atoms with van der Waals surface area (Å²) in [5.74, 6) is 0.997. The van der Waals surface area contributed by atoms with Crippen LogP contribution in [0.15, 0.2) is 42.6 Å². The van der Waals surface area contributed by atoms with Gasteiger partial charge in [0.25, 0.3) is 0 Å². The normalized spacial score (nSPS) is 21.4. The van der Waals surface area contributed by atoms with E-state index in [1.165, 1.54) is 62.0 Å². The predicted molar refractivity (Wildman–Crippen MR) is 109 cm³/mol. The van der Waals surface area contributed by atoms with E-state index in [9.17, 15) is 0 Å². The van der Waals surface area contributed by atoms with E-state index in [0.29, 0.717) is 12.1 Å². The molecule has 2 aliphatic rings. The monoisotopic (exact) mass is 365 g/mol. The third-order valence-corrected chi connectivity index (χ3v) is 6.08. The van der Waals surface area contributed by atoms with E-state index < -0.39 is 0 Å². The number of hydrogen-bond acceptors (Lipinski definition) is 4. The molecule has 0 saturated carbocycles. The van der Waals surface area contributed by atoms with Crippen LogP contribution in [-0.4, -0.2) is 36.6 Å². The Hall–Kier alpha value is -1.91. The van der Waals surface area contributed by atoms with Gasteiger partial charge in [0.05, 0.1) is 18.8 Å². The van der Waals surface area contributed by atoms with Gasteiger partial charge in [0.2, 0.25) is 0 Å². The van der Waals surface area contributed by atoms with Gasteiger partial charge in [-0.2, -0.15) is 0 Å². The third kappa shape index (κ3) is 4.17. The largest absolute Gasteiger partial charge is 0.496 e. The van der Waals surface area contributed by atoms with Crippen LogP contribution < -0.4 is 10.1 Å². The lowest BCUT2D eigenvalue weighted by Crippen LogP contribution is -2.40. The molecule has 1 aromatic heterocycles. The SMILES string of the molecule is COc1ccccc1C(CNC1CCCc2cccnc21)N1CCCCC1. The van der Waals surface area contributed by atoms with Crippen molar-refractivity contribution in [2.75, 3.05) is 26.7 Å². The molecular formula is C23H31N3O. The van der Waals surface area contributed by atoms with Gasteiger partial charge in [-0.1, -0.05) is 30.7 Å². The van der Waals surface area contributed by atoms with Gasteiger partial charge >= 0.3 is 0 Å². The lowest BCUT2D eigenvalue weighted by atomic mass is 9.91. The van der Waals surface area contributed by atoms with Crippen molar-refractivity contribution >= 4 is 0 Å². The van der Waals surface area contributed by atoms with Gasteiger partial charge in [0, 0.05) is 24.3 Å². The summed E-state index contributed by atoms with van der Waals surface area (Å²) in [5.41, 5.74) is 3.96. The van der Waals surface area contributed by atoms with E-state index >= 15 is 0 Å². The van der Waals surface area contributed by atoms with Crippen LogP contribution in [0.2, 0.25) is 0 Å². The van der Waals surface area contributed by atoms with Gasteiger partial charge in [-0.25, -0.2) is 0 Å². The highest BCUT2D eigenvalue weighted by molar-refractivity contribution is 5.36. The van der Waals surface area contributed by atoms with E-state index in [0.717, 1.165) is 18.7 Å². The first-order chi connectivity index (χ1) is 13.4. The lowest BCUT2D eigenvalue weighted by Gasteiger charge is -2.37. The Labute approximate surface area is 162 Å². The van der Waals surface area contributed by atoms with Gasteiger partial charge in [-0.05, 0) is 62.9 Å². The van der Waals surface area contributed by atoms with Crippen molar-refractivity contribution in [3.8, 4) is 5.75 Å². The van der Waals surface area contributed by atoms with Crippen LogP contribution >= 0.6 is 0 Å². The molecule has 1 saturated heterocycles. The number of rotatable bonds is 6. The number of hydrogen-bond donors (Lipinski definition) is 1. The van der Waals surface area contributed by atoms with Crippen LogP contribution in [0.4, 0.5) is 0 Å². The first-order valence-electron chi connectivity index (χ1n) is 10.4. The fourth-order valence-corrected chi connectivity index (χ4v) is 4.67. The molecule has 2 aromatic rings. The number of ether oxygens (including phenoxy) is 1. The Morgan fingerprint density at radius 3 is 2.81 bits per heavy atom. The zero-order valence-corrected chi connectivity index (χ0v) is 16.4. The molecule has 144 valence electrons. The number of nitrogens with zero attached hydrogens (tertiary/aromatic N) is 2. The van der Waals surface area contributed by atoms with E-state index in [1.54, 1.807) is 7.11 Å². The fourth-order valence-electron chi connectivity index (χ4n) is 4.67. The summed E-state index contributed by atoms with van der Waals surface area (Å²) in [6.07, 6.45) is 9.42. The van der Waals surface area contributed by atoms with Crippen LogP contribution in [0.1, 0.15) is 61.0 Å². The number of piperidine rings is 1. The summed E-state index contributed by atoms with van der Waals surface area (Å²) in [6, 6.07) is 13.5. The average Bonchev–Trinajstić information content (AvgIpc) is 2.75. The summed E-state index contributed by atoms with van der Waals surface area (Å²) in [5, 5.41) is 3.87. The first-order valence-corrected chi connectivity index (χ1v) is 10.4. The maximum Gasteiger partial charge on any atom is 0.123 e. The molecule has 2 atom stereocenters. The number of aromatic nitrogens is 1. The molecule has 0 amide bonds. The summed E-state index contributed by atoms with van der Waals surface area (Å²) in [7, 11) is 1.78. The number of pyridine rings is 1. The van der Waals surface area contributed by atoms with Crippen molar-refractivity contribution in [2.45, 2.75) is 50.6 Å². The summed E-state index contributed by atoms with van der Waals surface area (Å²) in [4.78, 5) is 7.33. The van der Waals surface area contributed by atoms with E-state index in [1.807, 2.05) is 6.20 Å². The van der Waals surface area contributed by atoms with Crippen molar-refractivity contribution in [1.29, 1.82) is 0 Å². The Morgan fingerprint density at radius 1 is 1.11 bits per heavy atom. The van der Waals surface area contributed by atoms with Gasteiger partial charge in [0.15, 0.2) is 0 Å². The Morgan fingerprint density at radius 2 is 1.96 bits per heavy atom. The molecule has 1 fully saturated rings. The molecule has 0 bridgehead atoms. The van der Waals surface area contributed by atoms with Gasteiger partial charge in [0.1, 0.15) is 5.75 Å². The number of nitrogens with one attached hydrogen (secondary N) is 1. The predicted octanol–water partition coefficient (Wildman–Crippen LogP) is 4.28. The second kappa shape index (κ2) is 8.85. The highest BCUT2D eigenvalue weighted by Crippen LogP contribution is 2.33. The van der Waals surface area contributed by atoms with Crippen molar-refractivity contribution in [3.63, 3.8) is 0 Å². The van der Waals surface area contributed by atoms with Crippen LogP contribution in [0.5, 0.6) is 5.75 Å². The highest BCUT2D eigenvalue weighted by Gasteiger charge is 2.27. The topological polar surface area (TPSA) is 37.4 Å². The van der Waals surface area contributed by atoms with Crippen LogP contribution in [0.25, 0.3) is 0 Å². The number of likely N-dealkylation sites (tertiary alicyclic amines) is 1. The standard InChI is InChI=1S/C23H31N3O/c1-27-22-13-4-3-11-19(22)21(26-15-5-2-6-16-26)17-25-20-12-7-9-18-10-8-14-24-23(18)20/h3-4,8,10-11,13-14,20-21,25H,2,5-7,9,12,15-17H2,1H3. The minimum Gasteiger partial charge on any atom is -0.496 e. The molecule has 0 spiro atoms. The van der Waals surface area contributed by atoms with Gasteiger partial charge in [-0.3, -0.25) is 9.88 Å². The molecule has 4 heteroatoms. The number of fused-ring (bicyclic) bond motifs is 1. The quantitative estimate of drug-likeness (QED) is 0.829. The number of aryl methyl sites for hydroxylation is 1. The molecular weight excluding hydrogens is 334 g/mol. The smallest absolute Gasteiger partial charge is 0.123 e. The Kier molecular flexibility index (Phi) is 6.05. The minimum absolute atomic E-state index is 0.343. The average molecular weight is 366 g/mol. The highest BCUT2D eigenvalue weighted by atomic mass is 16.5. The minimum atomic E-state index is 0.343. The molecule has 1 N–H and O–H groups in total. The summed E-state index contributed by atoms with van der Waals surface area (Å²) in [6.45, 7) is 3.27. The van der Waals surface area contributed by atoms with Crippen molar-refractivity contribution < 1.29 is 4.74 Å². The fraction of sp³-hybridized carbons (Fsp3) is 0.522. The van der Waals surface area contributed by atoms with Crippen molar-refractivity contribution in [2.24, 2.45) is 0 Å². The van der Waals surface area contributed by atoms with Crippen LogP contribution in [0, 0.1) is 0 Å². The van der Waals surface area contributed by atoms with Crippen LogP contribution in [0.3, 0.4) is 0 Å². The zero-order valence-electron chi connectivity index (χ0n) is 16.4. The summed E-state index contributed by atoms with van der Waals surface area (Å²) < 4.78 is 5.70. The van der Waals surface area contributed by atoms with E-state index in [2.05, 4.69) is 46.6 Å². The van der Waals surface area contributed by atoms with E-state index in [-0.39, 0.29) is 0 Å². The first kappa shape index (κ1) is 18.5. The Bertz CT molecular complexity index is 742. The second-order valence-corrected chi connectivity index (χ2v) is 7.76. The molecule has 27 heavy (non-hydrogen) atoms. The molecule has 1 aliphatic heterocycles. The van der Waals surface area contributed by atoms with Crippen LogP contribution in [-0.2, 0) is 6.42 Å². The van der Waals surface area contributed by atoms with Crippen molar-refractivity contribution in [1.82, 2.24) is 15.2 Å². The lowest BCUT2D eigenvalue weighted by molar-refractivity contribution is 0.153. The maximum absolute atomic E-state index is 5.70. The van der Waals surface area contributed by atoms with Gasteiger partial charge < -0.3 is 10.1 Å². The molecule has 4 rings (SSSR count).